The van der Waals surface area contributed by atoms with E-state index >= 15 is 0 Å². The van der Waals surface area contributed by atoms with Crippen molar-refractivity contribution in [1.82, 2.24) is 4.90 Å². The van der Waals surface area contributed by atoms with Crippen molar-refractivity contribution >= 4 is 17.4 Å². The van der Waals surface area contributed by atoms with Crippen LogP contribution in [-0.2, 0) is 14.3 Å². The van der Waals surface area contributed by atoms with Gasteiger partial charge in [0.2, 0.25) is 0 Å². The van der Waals surface area contributed by atoms with Gasteiger partial charge in [-0.3, -0.25) is 9.59 Å². The molecular formula is C22H23NO6. The number of rotatable bonds is 7. The van der Waals surface area contributed by atoms with E-state index in [0.717, 1.165) is 5.56 Å². The minimum atomic E-state index is -0.745. The number of hydrogen-bond acceptors (Lipinski definition) is 6. The first-order chi connectivity index (χ1) is 14.0. The molecule has 29 heavy (non-hydrogen) atoms. The number of carbonyl (C=O) groups excluding carboxylic acids is 2. The third-order valence-electron chi connectivity index (χ3n) is 4.86. The van der Waals surface area contributed by atoms with E-state index < -0.39 is 17.7 Å². The zero-order valence-electron chi connectivity index (χ0n) is 16.5. The quantitative estimate of drug-likeness (QED) is 0.439. The third kappa shape index (κ3) is 3.82. The van der Waals surface area contributed by atoms with Crippen LogP contribution < -0.4 is 9.47 Å². The van der Waals surface area contributed by atoms with Gasteiger partial charge in [0.15, 0.2) is 0 Å². The summed E-state index contributed by atoms with van der Waals surface area (Å²) in [6.45, 7) is 0.486. The summed E-state index contributed by atoms with van der Waals surface area (Å²) < 4.78 is 15.6. The Balaban J connectivity index is 2.18. The highest BCUT2D eigenvalue weighted by Gasteiger charge is 2.46. The molecule has 1 amide bonds. The summed E-state index contributed by atoms with van der Waals surface area (Å²) in [4.78, 5) is 27.0. The van der Waals surface area contributed by atoms with Crippen molar-refractivity contribution in [3.05, 3.63) is 65.2 Å². The molecule has 1 atom stereocenters. The van der Waals surface area contributed by atoms with Crippen LogP contribution in [0.2, 0.25) is 0 Å². The number of benzene rings is 2. The fourth-order valence-electron chi connectivity index (χ4n) is 3.42. The van der Waals surface area contributed by atoms with Crippen LogP contribution in [0.1, 0.15) is 17.2 Å². The molecule has 152 valence electrons. The molecule has 2 aromatic carbocycles. The van der Waals surface area contributed by atoms with Gasteiger partial charge >= 0.3 is 0 Å². The number of methoxy groups -OCH3 is 3. The molecular weight excluding hydrogens is 374 g/mol. The Hall–Kier alpha value is -3.32. The zero-order valence-corrected chi connectivity index (χ0v) is 16.5. The third-order valence-corrected chi connectivity index (χ3v) is 4.86. The lowest BCUT2D eigenvalue weighted by Gasteiger charge is -2.25. The highest BCUT2D eigenvalue weighted by molar-refractivity contribution is 6.46. The summed E-state index contributed by atoms with van der Waals surface area (Å²) in [5.41, 5.74) is 1.04. The Bertz CT molecular complexity index is 938. The van der Waals surface area contributed by atoms with Crippen molar-refractivity contribution in [2.75, 3.05) is 34.5 Å². The Morgan fingerprint density at radius 2 is 1.76 bits per heavy atom. The van der Waals surface area contributed by atoms with Crippen molar-refractivity contribution in [3.8, 4) is 11.5 Å². The van der Waals surface area contributed by atoms with E-state index in [1.54, 1.807) is 18.2 Å². The number of hydrogen-bond donors (Lipinski definition) is 1. The van der Waals surface area contributed by atoms with Gasteiger partial charge in [-0.05, 0) is 17.7 Å². The summed E-state index contributed by atoms with van der Waals surface area (Å²) in [5.74, 6) is -0.845. The molecule has 1 aliphatic heterocycles. The molecule has 0 radical (unpaired) electrons. The van der Waals surface area contributed by atoms with Crippen LogP contribution >= 0.6 is 0 Å². The summed E-state index contributed by atoms with van der Waals surface area (Å²) >= 11 is 0. The molecule has 1 aliphatic rings. The molecule has 7 nitrogen and oxygen atoms in total. The molecule has 0 saturated carbocycles. The van der Waals surface area contributed by atoms with E-state index in [2.05, 4.69) is 0 Å². The highest BCUT2D eigenvalue weighted by Crippen LogP contribution is 2.41. The van der Waals surface area contributed by atoms with Crippen LogP contribution in [0.3, 0.4) is 0 Å². The molecule has 1 unspecified atom stereocenters. The molecule has 3 rings (SSSR count). The highest BCUT2D eigenvalue weighted by atomic mass is 16.5. The summed E-state index contributed by atoms with van der Waals surface area (Å²) in [6.07, 6.45) is 0. The number of aliphatic hydroxyl groups is 1. The SMILES string of the molecule is COCCN1C(=O)C(=O)/C(=C(\O)c2ccc(OC)cc2OC)C1c1ccccc1. The maximum atomic E-state index is 12.9. The predicted molar refractivity (Wildman–Crippen MR) is 107 cm³/mol. The molecule has 0 aromatic heterocycles. The number of ketones is 1. The average Bonchev–Trinajstić information content (AvgIpc) is 3.02. The second kappa shape index (κ2) is 8.79. The van der Waals surface area contributed by atoms with Crippen molar-refractivity contribution in [3.63, 3.8) is 0 Å². The Labute approximate surface area is 169 Å². The van der Waals surface area contributed by atoms with Crippen LogP contribution in [0.5, 0.6) is 11.5 Å². The molecule has 1 fully saturated rings. The van der Waals surface area contributed by atoms with E-state index in [4.69, 9.17) is 14.2 Å². The fourth-order valence-corrected chi connectivity index (χ4v) is 3.42. The lowest BCUT2D eigenvalue weighted by molar-refractivity contribution is -0.140. The molecule has 2 aromatic rings. The van der Waals surface area contributed by atoms with Gasteiger partial charge in [-0.1, -0.05) is 30.3 Å². The number of ether oxygens (including phenoxy) is 3. The van der Waals surface area contributed by atoms with E-state index in [-0.39, 0.29) is 24.5 Å². The molecule has 0 spiro atoms. The van der Waals surface area contributed by atoms with Crippen LogP contribution in [0.4, 0.5) is 0 Å². The van der Waals surface area contributed by atoms with Gasteiger partial charge in [-0.25, -0.2) is 0 Å². The topological polar surface area (TPSA) is 85.3 Å². The number of likely N-dealkylation sites (tertiary alicyclic amines) is 1. The van der Waals surface area contributed by atoms with Crippen molar-refractivity contribution in [1.29, 1.82) is 0 Å². The predicted octanol–water partition coefficient (Wildman–Crippen LogP) is 2.77. The molecule has 0 bridgehead atoms. The fraction of sp³-hybridized carbons (Fsp3) is 0.273. The van der Waals surface area contributed by atoms with Crippen LogP contribution in [0.15, 0.2) is 54.1 Å². The number of aliphatic hydroxyl groups excluding tert-OH is 1. The molecule has 0 aliphatic carbocycles. The Morgan fingerprint density at radius 3 is 2.38 bits per heavy atom. The van der Waals surface area contributed by atoms with Gasteiger partial charge in [-0.2, -0.15) is 0 Å². The van der Waals surface area contributed by atoms with Gasteiger partial charge in [-0.15, -0.1) is 0 Å². The second-order valence-corrected chi connectivity index (χ2v) is 6.46. The van der Waals surface area contributed by atoms with Crippen LogP contribution in [-0.4, -0.2) is 56.2 Å². The van der Waals surface area contributed by atoms with Gasteiger partial charge in [0, 0.05) is 19.7 Å². The molecule has 1 heterocycles. The minimum Gasteiger partial charge on any atom is -0.507 e. The molecule has 1 saturated heterocycles. The largest absolute Gasteiger partial charge is 0.507 e. The van der Waals surface area contributed by atoms with Crippen molar-refractivity contribution in [2.45, 2.75) is 6.04 Å². The maximum absolute atomic E-state index is 12.9. The van der Waals surface area contributed by atoms with Crippen LogP contribution in [0, 0.1) is 0 Å². The zero-order chi connectivity index (χ0) is 21.0. The van der Waals surface area contributed by atoms with E-state index in [0.29, 0.717) is 17.1 Å². The monoisotopic (exact) mass is 397 g/mol. The summed E-state index contributed by atoms with van der Waals surface area (Å²) in [6, 6.07) is 13.2. The lowest BCUT2D eigenvalue weighted by atomic mass is 9.95. The van der Waals surface area contributed by atoms with E-state index in [9.17, 15) is 14.7 Å². The molecule has 1 N–H and O–H groups in total. The molecule has 7 heteroatoms. The van der Waals surface area contributed by atoms with Crippen molar-refractivity contribution in [2.24, 2.45) is 0 Å². The maximum Gasteiger partial charge on any atom is 0.295 e. The van der Waals surface area contributed by atoms with Gasteiger partial charge in [0.25, 0.3) is 11.7 Å². The standard InChI is InChI=1S/C22H23NO6/c1-27-12-11-23-19(14-7-5-4-6-8-14)18(21(25)22(23)26)20(24)16-10-9-15(28-2)13-17(16)29-3/h4-10,13,19,24H,11-12H2,1-3H3/b20-18-. The summed E-state index contributed by atoms with van der Waals surface area (Å²) in [5, 5.41) is 11.1. The first-order valence-corrected chi connectivity index (χ1v) is 9.08. The van der Waals surface area contributed by atoms with E-state index in [1.807, 2.05) is 30.3 Å². The van der Waals surface area contributed by atoms with Crippen molar-refractivity contribution < 1.29 is 28.9 Å². The Kier molecular flexibility index (Phi) is 6.19. The average molecular weight is 397 g/mol. The van der Waals surface area contributed by atoms with Gasteiger partial charge in [0.1, 0.15) is 17.3 Å². The second-order valence-electron chi connectivity index (χ2n) is 6.46. The first kappa shape index (κ1) is 20.4. The lowest BCUT2D eigenvalue weighted by Crippen LogP contribution is -2.32. The smallest absolute Gasteiger partial charge is 0.295 e. The van der Waals surface area contributed by atoms with Gasteiger partial charge in [0.05, 0.1) is 38.0 Å². The number of amides is 1. The summed E-state index contributed by atoms with van der Waals surface area (Å²) in [7, 11) is 4.50. The number of nitrogens with zero attached hydrogens (tertiary/aromatic N) is 1. The van der Waals surface area contributed by atoms with Crippen LogP contribution in [0.25, 0.3) is 5.76 Å². The number of carbonyl (C=O) groups is 2. The normalized spacial score (nSPS) is 18.2. The Morgan fingerprint density at radius 1 is 1.03 bits per heavy atom. The van der Waals surface area contributed by atoms with Gasteiger partial charge < -0.3 is 24.2 Å². The minimum absolute atomic E-state index is 0.0146. The van der Waals surface area contributed by atoms with E-state index in [1.165, 1.54) is 26.2 Å². The number of Topliss-reactive ketones (excluding diaryl/α,β-unsaturated/α-hetero) is 1. The first-order valence-electron chi connectivity index (χ1n) is 9.08.